The van der Waals surface area contributed by atoms with Gasteiger partial charge in [-0.2, -0.15) is 4.72 Å². The Morgan fingerprint density at radius 2 is 1.90 bits per heavy atom. The molecule has 1 rings (SSSR count). The molecule has 0 amide bonds. The standard InChI is InChI=1S/C12H15NO6S/c1-19-10(14)7-8-20(17,18)13-11(12(15)16)9-5-3-2-4-6-9/h2-6,11,13H,7-8H2,1H3,(H,15,16)/t11-/m0/s1. The summed E-state index contributed by atoms with van der Waals surface area (Å²) in [6, 6.07) is 6.51. The zero-order valence-corrected chi connectivity index (χ0v) is 11.6. The molecule has 0 heterocycles. The molecule has 1 aromatic rings. The van der Waals surface area contributed by atoms with Crippen molar-refractivity contribution < 1.29 is 27.9 Å². The van der Waals surface area contributed by atoms with Gasteiger partial charge >= 0.3 is 11.9 Å². The van der Waals surface area contributed by atoms with Crippen molar-refractivity contribution in [3.8, 4) is 0 Å². The normalized spacial score (nSPS) is 12.7. The second-order valence-corrected chi connectivity index (χ2v) is 5.82. The van der Waals surface area contributed by atoms with Crippen LogP contribution >= 0.6 is 0 Å². The van der Waals surface area contributed by atoms with Crippen LogP contribution in [0.2, 0.25) is 0 Å². The fraction of sp³-hybridized carbons (Fsp3) is 0.333. The summed E-state index contributed by atoms with van der Waals surface area (Å²) in [5.74, 6) is -2.53. The monoisotopic (exact) mass is 301 g/mol. The van der Waals surface area contributed by atoms with Gasteiger partial charge in [-0.3, -0.25) is 9.59 Å². The number of benzene rings is 1. The molecule has 0 unspecified atom stereocenters. The molecule has 20 heavy (non-hydrogen) atoms. The summed E-state index contributed by atoms with van der Waals surface area (Å²) >= 11 is 0. The van der Waals surface area contributed by atoms with Crippen molar-refractivity contribution in [1.29, 1.82) is 0 Å². The molecule has 0 aliphatic carbocycles. The number of carbonyl (C=O) groups is 2. The lowest BCUT2D eigenvalue weighted by Gasteiger charge is -2.14. The number of methoxy groups -OCH3 is 1. The molecule has 0 spiro atoms. The zero-order chi connectivity index (χ0) is 15.2. The Bertz CT molecular complexity index is 569. The number of sulfonamides is 1. The van der Waals surface area contributed by atoms with Gasteiger partial charge in [-0.25, -0.2) is 8.42 Å². The van der Waals surface area contributed by atoms with Crippen LogP contribution in [0.5, 0.6) is 0 Å². The Kier molecular flexibility index (Phi) is 5.66. The molecule has 0 aromatic heterocycles. The molecule has 8 heteroatoms. The lowest BCUT2D eigenvalue weighted by molar-refractivity contribution is -0.140. The van der Waals surface area contributed by atoms with E-state index in [1.54, 1.807) is 18.2 Å². The van der Waals surface area contributed by atoms with Crippen LogP contribution in [0.25, 0.3) is 0 Å². The van der Waals surface area contributed by atoms with Crippen molar-refractivity contribution in [2.45, 2.75) is 12.5 Å². The van der Waals surface area contributed by atoms with Gasteiger partial charge in [0.25, 0.3) is 0 Å². The van der Waals surface area contributed by atoms with Crippen LogP contribution in [0.1, 0.15) is 18.0 Å². The van der Waals surface area contributed by atoms with E-state index in [4.69, 9.17) is 5.11 Å². The van der Waals surface area contributed by atoms with Gasteiger partial charge in [0.2, 0.25) is 10.0 Å². The highest BCUT2D eigenvalue weighted by Crippen LogP contribution is 2.14. The minimum Gasteiger partial charge on any atom is -0.480 e. The number of carboxylic acids is 1. The Balaban J connectivity index is 2.81. The van der Waals surface area contributed by atoms with Crippen LogP contribution in [0.4, 0.5) is 0 Å². The predicted molar refractivity (Wildman–Crippen MR) is 70.4 cm³/mol. The number of esters is 1. The average Bonchev–Trinajstić information content (AvgIpc) is 2.43. The van der Waals surface area contributed by atoms with Gasteiger partial charge in [0.1, 0.15) is 6.04 Å². The molecule has 0 fully saturated rings. The predicted octanol–water partition coefficient (Wildman–Crippen LogP) is 0.295. The molecule has 7 nitrogen and oxygen atoms in total. The van der Waals surface area contributed by atoms with Gasteiger partial charge in [-0.15, -0.1) is 0 Å². The molecule has 1 atom stereocenters. The number of aliphatic carboxylic acids is 1. The quantitative estimate of drug-likeness (QED) is 0.701. The van der Waals surface area contributed by atoms with Gasteiger partial charge in [-0.05, 0) is 5.56 Å². The third-order valence-electron chi connectivity index (χ3n) is 2.48. The van der Waals surface area contributed by atoms with Crippen LogP contribution in [0.15, 0.2) is 30.3 Å². The second-order valence-electron chi connectivity index (χ2n) is 3.94. The first-order chi connectivity index (χ1) is 9.35. The number of rotatable bonds is 7. The minimum absolute atomic E-state index is 0.307. The van der Waals surface area contributed by atoms with E-state index in [2.05, 4.69) is 9.46 Å². The number of hydrogen-bond acceptors (Lipinski definition) is 5. The van der Waals surface area contributed by atoms with Gasteiger partial charge in [0.15, 0.2) is 0 Å². The van der Waals surface area contributed by atoms with Crippen LogP contribution in [-0.4, -0.2) is 38.3 Å². The Hall–Kier alpha value is -1.93. The number of hydrogen-bond donors (Lipinski definition) is 2. The Labute approximate surface area is 116 Å². The topological polar surface area (TPSA) is 110 Å². The highest BCUT2D eigenvalue weighted by atomic mass is 32.2. The van der Waals surface area contributed by atoms with Crippen LogP contribution in [0.3, 0.4) is 0 Å². The summed E-state index contributed by atoms with van der Waals surface area (Å²) in [4.78, 5) is 22.1. The van der Waals surface area contributed by atoms with Gasteiger partial charge in [0, 0.05) is 0 Å². The molecule has 0 aliphatic rings. The number of carboxylic acid groups (broad SMARTS) is 1. The van der Waals surface area contributed by atoms with E-state index >= 15 is 0 Å². The average molecular weight is 301 g/mol. The smallest absolute Gasteiger partial charge is 0.326 e. The summed E-state index contributed by atoms with van der Waals surface area (Å²) in [5.41, 5.74) is 0.307. The number of ether oxygens (including phenoxy) is 1. The summed E-state index contributed by atoms with van der Waals surface area (Å²) in [6.45, 7) is 0. The Morgan fingerprint density at radius 3 is 2.40 bits per heavy atom. The fourth-order valence-electron chi connectivity index (χ4n) is 1.46. The molecule has 2 N–H and O–H groups in total. The van der Waals surface area contributed by atoms with Crippen molar-refractivity contribution in [3.63, 3.8) is 0 Å². The minimum atomic E-state index is -3.91. The first kappa shape index (κ1) is 16.1. The maximum Gasteiger partial charge on any atom is 0.326 e. The van der Waals surface area contributed by atoms with Gasteiger partial charge in [0.05, 0.1) is 19.3 Å². The first-order valence-corrected chi connectivity index (χ1v) is 7.35. The SMILES string of the molecule is COC(=O)CCS(=O)(=O)N[C@H](C(=O)O)c1ccccc1. The van der Waals surface area contributed by atoms with Crippen molar-refractivity contribution in [2.75, 3.05) is 12.9 Å². The molecule has 0 aliphatic heterocycles. The molecule has 0 saturated carbocycles. The maximum absolute atomic E-state index is 11.8. The van der Waals surface area contributed by atoms with E-state index in [-0.39, 0.29) is 6.42 Å². The lowest BCUT2D eigenvalue weighted by Crippen LogP contribution is -2.35. The largest absolute Gasteiger partial charge is 0.480 e. The van der Waals surface area contributed by atoms with Crippen molar-refractivity contribution in [2.24, 2.45) is 0 Å². The van der Waals surface area contributed by atoms with E-state index < -0.39 is 33.8 Å². The molecule has 1 aromatic carbocycles. The lowest BCUT2D eigenvalue weighted by atomic mass is 10.1. The van der Waals surface area contributed by atoms with Crippen LogP contribution < -0.4 is 4.72 Å². The van der Waals surface area contributed by atoms with Gasteiger partial charge < -0.3 is 9.84 Å². The van der Waals surface area contributed by atoms with Gasteiger partial charge in [-0.1, -0.05) is 30.3 Å². The summed E-state index contributed by atoms with van der Waals surface area (Å²) in [7, 11) is -2.77. The van der Waals surface area contributed by atoms with Crippen LogP contribution in [-0.2, 0) is 24.3 Å². The number of carbonyl (C=O) groups excluding carboxylic acids is 1. The second kappa shape index (κ2) is 7.01. The van der Waals surface area contributed by atoms with E-state index in [1.807, 2.05) is 0 Å². The Morgan fingerprint density at radius 1 is 1.30 bits per heavy atom. The van der Waals surface area contributed by atoms with E-state index in [0.29, 0.717) is 5.56 Å². The highest BCUT2D eigenvalue weighted by molar-refractivity contribution is 7.89. The molecular formula is C12H15NO6S. The van der Waals surface area contributed by atoms with Crippen LogP contribution in [0, 0.1) is 0 Å². The summed E-state index contributed by atoms with van der Waals surface area (Å²) in [6.07, 6.45) is -0.340. The molecular weight excluding hydrogens is 286 g/mol. The van der Waals surface area contributed by atoms with E-state index in [0.717, 1.165) is 7.11 Å². The fourth-order valence-corrected chi connectivity index (χ4v) is 2.61. The van der Waals surface area contributed by atoms with Crippen molar-refractivity contribution >= 4 is 22.0 Å². The van der Waals surface area contributed by atoms with Crippen molar-refractivity contribution in [1.82, 2.24) is 4.72 Å². The summed E-state index contributed by atoms with van der Waals surface area (Å²) < 4.78 is 29.9. The zero-order valence-electron chi connectivity index (χ0n) is 10.8. The summed E-state index contributed by atoms with van der Waals surface area (Å²) in [5, 5.41) is 9.10. The third kappa shape index (κ3) is 4.98. The van der Waals surface area contributed by atoms with E-state index in [9.17, 15) is 18.0 Å². The third-order valence-corrected chi connectivity index (χ3v) is 3.82. The van der Waals surface area contributed by atoms with E-state index in [1.165, 1.54) is 12.1 Å². The molecule has 0 bridgehead atoms. The molecule has 110 valence electrons. The molecule has 0 radical (unpaired) electrons. The first-order valence-electron chi connectivity index (χ1n) is 5.70. The molecule has 0 saturated heterocycles. The van der Waals surface area contributed by atoms with Crippen molar-refractivity contribution in [3.05, 3.63) is 35.9 Å². The maximum atomic E-state index is 11.8. The highest BCUT2D eigenvalue weighted by Gasteiger charge is 2.25. The number of nitrogens with one attached hydrogen (secondary N) is 1.